The monoisotopic (exact) mass is 595 g/mol. The van der Waals surface area contributed by atoms with Gasteiger partial charge in [-0.25, -0.2) is 9.59 Å². The van der Waals surface area contributed by atoms with E-state index < -0.39 is 59.2 Å². The SMILES string of the molecule is Cc1ccc(C)c(C(C(=O)NC(Cc2ccccc2)C(=O)OC(C)(C)C)N(C(=O)C(C)NC(=O)OC(C)(C)C)C(C)C)c1. The molecule has 0 aromatic heterocycles. The molecule has 0 saturated carbocycles. The zero-order valence-corrected chi connectivity index (χ0v) is 27.5. The zero-order valence-electron chi connectivity index (χ0n) is 27.5. The van der Waals surface area contributed by atoms with E-state index in [1.165, 1.54) is 4.90 Å². The number of nitrogens with one attached hydrogen (secondary N) is 2. The highest BCUT2D eigenvalue weighted by atomic mass is 16.6. The fraction of sp³-hybridized carbons (Fsp3) is 0.529. The molecule has 2 rings (SSSR count). The lowest BCUT2D eigenvalue weighted by molar-refractivity contribution is -0.159. The normalized spacial score (nSPS) is 13.9. The van der Waals surface area contributed by atoms with Gasteiger partial charge in [-0.05, 0) is 92.9 Å². The molecule has 2 N–H and O–H groups in total. The van der Waals surface area contributed by atoms with E-state index >= 15 is 0 Å². The summed E-state index contributed by atoms with van der Waals surface area (Å²) in [5.41, 5.74) is 1.64. The Morgan fingerprint density at radius 2 is 1.40 bits per heavy atom. The number of hydrogen-bond acceptors (Lipinski definition) is 6. The molecule has 236 valence electrons. The molecule has 9 heteroatoms. The van der Waals surface area contributed by atoms with Crippen molar-refractivity contribution >= 4 is 23.9 Å². The molecule has 2 aromatic carbocycles. The van der Waals surface area contributed by atoms with Crippen molar-refractivity contribution < 1.29 is 28.7 Å². The number of carbonyl (C=O) groups excluding carboxylic acids is 4. The maximum absolute atomic E-state index is 14.3. The second-order valence-corrected chi connectivity index (χ2v) is 13.3. The number of nitrogens with zero attached hydrogens (tertiary/aromatic N) is 1. The molecule has 9 nitrogen and oxygen atoms in total. The smallest absolute Gasteiger partial charge is 0.408 e. The van der Waals surface area contributed by atoms with Crippen molar-refractivity contribution in [2.24, 2.45) is 0 Å². The number of benzene rings is 2. The van der Waals surface area contributed by atoms with Gasteiger partial charge in [-0.3, -0.25) is 9.59 Å². The molecular formula is C34H49N3O6. The van der Waals surface area contributed by atoms with Gasteiger partial charge in [0.25, 0.3) is 0 Å². The molecule has 3 atom stereocenters. The first-order valence-electron chi connectivity index (χ1n) is 14.7. The van der Waals surface area contributed by atoms with Gasteiger partial charge in [0.1, 0.15) is 29.3 Å². The second kappa shape index (κ2) is 14.5. The van der Waals surface area contributed by atoms with Crippen LogP contribution in [0, 0.1) is 13.8 Å². The van der Waals surface area contributed by atoms with E-state index in [4.69, 9.17) is 9.47 Å². The first-order valence-corrected chi connectivity index (χ1v) is 14.7. The van der Waals surface area contributed by atoms with Crippen LogP contribution in [0.2, 0.25) is 0 Å². The van der Waals surface area contributed by atoms with Gasteiger partial charge in [0.15, 0.2) is 0 Å². The lowest BCUT2D eigenvalue weighted by Gasteiger charge is -2.38. The summed E-state index contributed by atoms with van der Waals surface area (Å²) in [6.07, 6.45) is -0.537. The summed E-state index contributed by atoms with van der Waals surface area (Å²) in [5, 5.41) is 5.52. The third kappa shape index (κ3) is 11.0. The summed E-state index contributed by atoms with van der Waals surface area (Å²) in [6, 6.07) is 11.5. The van der Waals surface area contributed by atoms with Gasteiger partial charge < -0.3 is 25.0 Å². The van der Waals surface area contributed by atoms with Crippen LogP contribution in [0.3, 0.4) is 0 Å². The molecule has 0 bridgehead atoms. The van der Waals surface area contributed by atoms with Crippen LogP contribution in [-0.4, -0.2) is 58.1 Å². The largest absolute Gasteiger partial charge is 0.458 e. The molecule has 0 spiro atoms. The fourth-order valence-corrected chi connectivity index (χ4v) is 4.59. The molecule has 0 aliphatic carbocycles. The van der Waals surface area contributed by atoms with Gasteiger partial charge in [-0.1, -0.05) is 54.1 Å². The number of esters is 1. The highest BCUT2D eigenvalue weighted by Crippen LogP contribution is 2.29. The lowest BCUT2D eigenvalue weighted by atomic mass is 9.94. The van der Waals surface area contributed by atoms with Crippen LogP contribution < -0.4 is 10.6 Å². The predicted molar refractivity (Wildman–Crippen MR) is 167 cm³/mol. The topological polar surface area (TPSA) is 114 Å². The Labute approximate surface area is 256 Å². The number of rotatable bonds is 10. The summed E-state index contributed by atoms with van der Waals surface area (Å²) >= 11 is 0. The van der Waals surface area contributed by atoms with Crippen molar-refractivity contribution in [1.82, 2.24) is 15.5 Å². The van der Waals surface area contributed by atoms with E-state index in [0.717, 1.165) is 16.7 Å². The highest BCUT2D eigenvalue weighted by molar-refractivity contribution is 5.94. The number of carbonyl (C=O) groups is 4. The molecule has 0 fully saturated rings. The molecule has 3 amide bonds. The van der Waals surface area contributed by atoms with Crippen LogP contribution in [0.15, 0.2) is 48.5 Å². The lowest BCUT2D eigenvalue weighted by Crippen LogP contribution is -2.56. The number of alkyl carbamates (subject to hydrolysis) is 1. The third-order valence-corrected chi connectivity index (χ3v) is 6.46. The Balaban J connectivity index is 2.56. The Bertz CT molecular complexity index is 1280. The standard InChI is InChI=1S/C34H49N3O6/c1-21(2)37(30(39)24(5)35-32(41)43-34(9,10)11)28(26-19-22(3)17-18-23(26)4)29(38)36-27(31(40)42-33(6,7)8)20-25-15-13-12-14-16-25/h12-19,21,24,27-28H,20H2,1-11H3,(H,35,41)(H,36,38). The third-order valence-electron chi connectivity index (χ3n) is 6.46. The van der Waals surface area contributed by atoms with Crippen molar-refractivity contribution in [3.05, 3.63) is 70.8 Å². The molecule has 0 aliphatic heterocycles. The van der Waals surface area contributed by atoms with Crippen LogP contribution in [0.25, 0.3) is 0 Å². The molecule has 43 heavy (non-hydrogen) atoms. The van der Waals surface area contributed by atoms with Crippen LogP contribution in [0.4, 0.5) is 4.79 Å². The molecule has 2 aromatic rings. The number of ether oxygens (including phenoxy) is 2. The van der Waals surface area contributed by atoms with Gasteiger partial charge in [-0.15, -0.1) is 0 Å². The van der Waals surface area contributed by atoms with E-state index in [0.29, 0.717) is 5.56 Å². The Morgan fingerprint density at radius 3 is 1.93 bits per heavy atom. The molecule has 0 aliphatic rings. The van der Waals surface area contributed by atoms with E-state index in [9.17, 15) is 19.2 Å². The Kier molecular flexibility index (Phi) is 11.9. The molecular weight excluding hydrogens is 546 g/mol. The van der Waals surface area contributed by atoms with Gasteiger partial charge in [0, 0.05) is 12.5 Å². The maximum Gasteiger partial charge on any atom is 0.408 e. The first-order chi connectivity index (χ1) is 19.8. The predicted octanol–water partition coefficient (Wildman–Crippen LogP) is 5.56. The van der Waals surface area contributed by atoms with Crippen LogP contribution in [0.1, 0.15) is 90.6 Å². The Morgan fingerprint density at radius 1 is 0.814 bits per heavy atom. The Hall–Kier alpha value is -3.88. The summed E-state index contributed by atoms with van der Waals surface area (Å²) in [5.74, 6) is -1.59. The van der Waals surface area contributed by atoms with Crippen molar-refractivity contribution in [1.29, 1.82) is 0 Å². The van der Waals surface area contributed by atoms with Crippen molar-refractivity contribution in [3.8, 4) is 0 Å². The summed E-state index contributed by atoms with van der Waals surface area (Å²) < 4.78 is 11.0. The zero-order chi connectivity index (χ0) is 32.7. The number of hydrogen-bond donors (Lipinski definition) is 2. The average molecular weight is 596 g/mol. The number of aryl methyl sites for hydroxylation is 2. The molecule has 0 radical (unpaired) electrons. The molecule has 0 saturated heterocycles. The maximum atomic E-state index is 14.3. The van der Waals surface area contributed by atoms with E-state index in [-0.39, 0.29) is 6.42 Å². The van der Waals surface area contributed by atoms with Crippen LogP contribution >= 0.6 is 0 Å². The first kappa shape index (κ1) is 35.3. The van der Waals surface area contributed by atoms with Gasteiger partial charge in [0.2, 0.25) is 11.8 Å². The quantitative estimate of drug-likeness (QED) is 0.348. The highest BCUT2D eigenvalue weighted by Gasteiger charge is 2.39. The summed E-state index contributed by atoms with van der Waals surface area (Å²) in [7, 11) is 0. The molecule has 0 heterocycles. The fourth-order valence-electron chi connectivity index (χ4n) is 4.59. The van der Waals surface area contributed by atoms with Gasteiger partial charge >= 0.3 is 12.1 Å². The van der Waals surface area contributed by atoms with Gasteiger partial charge in [0.05, 0.1) is 0 Å². The van der Waals surface area contributed by atoms with E-state index in [1.807, 2.05) is 62.4 Å². The van der Waals surface area contributed by atoms with Crippen molar-refractivity contribution in [2.45, 2.75) is 118 Å². The number of amides is 3. The summed E-state index contributed by atoms with van der Waals surface area (Å²) in [4.78, 5) is 55.7. The summed E-state index contributed by atoms with van der Waals surface area (Å²) in [6.45, 7) is 19.4. The molecule has 3 unspecified atom stereocenters. The minimum Gasteiger partial charge on any atom is -0.458 e. The second-order valence-electron chi connectivity index (χ2n) is 13.3. The van der Waals surface area contributed by atoms with E-state index in [2.05, 4.69) is 10.6 Å². The van der Waals surface area contributed by atoms with E-state index in [1.54, 1.807) is 62.3 Å². The van der Waals surface area contributed by atoms with Crippen molar-refractivity contribution in [3.63, 3.8) is 0 Å². The minimum atomic E-state index is -1.10. The van der Waals surface area contributed by atoms with Crippen LogP contribution in [-0.2, 0) is 30.3 Å². The van der Waals surface area contributed by atoms with Crippen LogP contribution in [0.5, 0.6) is 0 Å². The van der Waals surface area contributed by atoms with Crippen molar-refractivity contribution in [2.75, 3.05) is 0 Å². The minimum absolute atomic E-state index is 0.202. The van der Waals surface area contributed by atoms with Gasteiger partial charge in [-0.2, -0.15) is 0 Å². The average Bonchev–Trinajstić information content (AvgIpc) is 2.86.